The standard InChI is InChI=1S/C29H47Si.3ClH.Ti/c1-7-10-12-14-17-25-21-26(18-15-13-11-8-2)23-27(22-25)30(5,6)29-20-16-19-28(29)24(4)9-3;;;;/h16,19-24H,7-15,17-18H2,1-6H3;3*1H;/q-1;;;;+4/p-3. The van der Waals surface area contributed by atoms with Gasteiger partial charge >= 0.3 is 21.7 Å². The van der Waals surface area contributed by atoms with E-state index in [1.807, 2.05) is 0 Å². The van der Waals surface area contributed by atoms with Crippen molar-refractivity contribution in [3.63, 3.8) is 0 Å². The van der Waals surface area contributed by atoms with Crippen LogP contribution in [0.1, 0.15) is 108 Å². The van der Waals surface area contributed by atoms with Gasteiger partial charge in [0.2, 0.25) is 0 Å². The minimum Gasteiger partial charge on any atom is -1.00 e. The molecule has 0 fully saturated rings. The van der Waals surface area contributed by atoms with Gasteiger partial charge in [-0.2, -0.15) is 16.8 Å². The maximum atomic E-state index is 2.58. The Morgan fingerprint density at radius 2 is 1.26 bits per heavy atom. The first-order chi connectivity index (χ1) is 14.4. The average molecular weight is 578 g/mol. The van der Waals surface area contributed by atoms with Crippen LogP contribution in [0.25, 0.3) is 0 Å². The van der Waals surface area contributed by atoms with Crippen molar-refractivity contribution in [2.45, 2.75) is 117 Å². The molecule has 0 radical (unpaired) electrons. The Morgan fingerprint density at radius 3 is 1.71 bits per heavy atom. The third-order valence-electron chi connectivity index (χ3n) is 7.08. The molecule has 0 nitrogen and oxygen atoms in total. The van der Waals surface area contributed by atoms with Gasteiger partial charge in [0.1, 0.15) is 0 Å². The van der Waals surface area contributed by atoms with Crippen LogP contribution in [0, 0.1) is 0 Å². The fourth-order valence-corrected chi connectivity index (χ4v) is 7.70. The summed E-state index contributed by atoms with van der Waals surface area (Å²) in [5, 5.41) is 3.31. The number of unbranched alkanes of at least 4 members (excludes halogenated alkanes) is 6. The molecule has 0 aliphatic carbocycles. The topological polar surface area (TPSA) is 0 Å². The van der Waals surface area contributed by atoms with E-state index in [4.69, 9.17) is 0 Å². The molecule has 0 heterocycles. The molecule has 0 saturated heterocycles. The Bertz CT molecular complexity index is 727. The zero-order chi connectivity index (χ0) is 22.0. The molecule has 1 unspecified atom stereocenters. The summed E-state index contributed by atoms with van der Waals surface area (Å²) in [7, 11) is -1.70. The molecule has 5 heteroatoms. The minimum atomic E-state index is -1.70. The number of hydrogen-bond acceptors (Lipinski definition) is 0. The fraction of sp³-hybridized carbons (Fsp3) is 0.621. The third kappa shape index (κ3) is 11.6. The second-order valence-corrected chi connectivity index (χ2v) is 14.4. The molecule has 2 aromatic carbocycles. The summed E-state index contributed by atoms with van der Waals surface area (Å²) in [6, 6.07) is 14.8. The van der Waals surface area contributed by atoms with Gasteiger partial charge in [0, 0.05) is 0 Å². The van der Waals surface area contributed by atoms with Crippen molar-refractivity contribution < 1.29 is 58.9 Å². The predicted octanol–water partition coefficient (Wildman–Crippen LogP) is -1.00. The third-order valence-corrected chi connectivity index (χ3v) is 10.6. The molecule has 0 saturated carbocycles. The molecule has 1 atom stereocenters. The Labute approximate surface area is 246 Å². The van der Waals surface area contributed by atoms with E-state index in [0.29, 0.717) is 5.92 Å². The molecule has 2 aromatic rings. The molecule has 192 valence electrons. The summed E-state index contributed by atoms with van der Waals surface area (Å²) >= 11 is 0. The van der Waals surface area contributed by atoms with Gasteiger partial charge in [-0.05, 0) is 42.7 Å². The molecule has 0 N–H and O–H groups in total. The SMILES string of the molecule is CCCCCCc1cc(CCCCCC)cc([Si](C)(C)[c-]2cccc2C(C)CC)c1.[Cl-].[Cl-].[Cl-].[Ti+4]. The van der Waals surface area contributed by atoms with E-state index in [-0.39, 0.29) is 58.9 Å². The normalized spacial score (nSPS) is 11.5. The molecule has 0 aliphatic rings. The fourth-order valence-electron chi connectivity index (χ4n) is 4.73. The van der Waals surface area contributed by atoms with Crippen LogP contribution < -0.4 is 47.6 Å². The van der Waals surface area contributed by atoms with E-state index in [1.165, 1.54) is 70.6 Å². The Kier molecular flexibility index (Phi) is 23.4. The van der Waals surface area contributed by atoms with Crippen molar-refractivity contribution in [2.24, 2.45) is 0 Å². The second-order valence-electron chi connectivity index (χ2n) is 9.99. The van der Waals surface area contributed by atoms with E-state index in [2.05, 4.69) is 77.2 Å². The van der Waals surface area contributed by atoms with Gasteiger partial charge in [-0.1, -0.05) is 109 Å². The second kappa shape index (κ2) is 20.4. The molecule has 0 aromatic heterocycles. The zero-order valence-electron chi connectivity index (χ0n) is 22.5. The van der Waals surface area contributed by atoms with Crippen molar-refractivity contribution in [1.82, 2.24) is 0 Å². The van der Waals surface area contributed by atoms with Crippen molar-refractivity contribution >= 4 is 18.4 Å². The number of aryl methyl sites for hydroxylation is 2. The summed E-state index contributed by atoms with van der Waals surface area (Å²) in [5.74, 6) is 0.660. The molecule has 0 amide bonds. The monoisotopic (exact) mass is 576 g/mol. The summed E-state index contributed by atoms with van der Waals surface area (Å²) in [6.45, 7) is 14.5. The van der Waals surface area contributed by atoms with Crippen molar-refractivity contribution in [3.8, 4) is 0 Å². The van der Waals surface area contributed by atoms with Gasteiger partial charge in [0.15, 0.2) is 0 Å². The summed E-state index contributed by atoms with van der Waals surface area (Å²) in [5.41, 5.74) is 4.78. The zero-order valence-corrected chi connectivity index (χ0v) is 27.3. The quantitative estimate of drug-likeness (QED) is 0.154. The first-order valence-electron chi connectivity index (χ1n) is 12.8. The van der Waals surface area contributed by atoms with E-state index in [1.54, 1.807) is 27.1 Å². The molecule has 0 aliphatic heterocycles. The van der Waals surface area contributed by atoms with Gasteiger partial charge in [0.25, 0.3) is 0 Å². The molecule has 34 heavy (non-hydrogen) atoms. The summed E-state index contributed by atoms with van der Waals surface area (Å²) < 4.78 is 0. The molecular formula is C29H47Cl3SiTi. The number of benzene rings is 1. The molecule has 0 bridgehead atoms. The smallest absolute Gasteiger partial charge is 1.00 e. The van der Waals surface area contributed by atoms with Gasteiger partial charge in [-0.25, -0.2) is 12.1 Å². The van der Waals surface area contributed by atoms with Gasteiger partial charge in [-0.3, -0.25) is 0 Å². The van der Waals surface area contributed by atoms with E-state index >= 15 is 0 Å². The Balaban J connectivity index is -0.00000240. The van der Waals surface area contributed by atoms with E-state index in [9.17, 15) is 0 Å². The van der Waals surface area contributed by atoms with Gasteiger partial charge < -0.3 is 37.2 Å². The van der Waals surface area contributed by atoms with E-state index in [0.717, 1.165) is 0 Å². The Morgan fingerprint density at radius 1 is 0.765 bits per heavy atom. The average Bonchev–Trinajstić information content (AvgIpc) is 3.24. The van der Waals surface area contributed by atoms with Gasteiger partial charge in [0.05, 0.1) is 8.07 Å². The predicted molar refractivity (Wildman–Crippen MR) is 140 cm³/mol. The van der Waals surface area contributed by atoms with Crippen LogP contribution in [-0.2, 0) is 34.6 Å². The van der Waals surface area contributed by atoms with Crippen molar-refractivity contribution in [2.75, 3.05) is 0 Å². The molecular weight excluding hydrogens is 531 g/mol. The number of rotatable bonds is 14. The summed E-state index contributed by atoms with van der Waals surface area (Å²) in [4.78, 5) is 0. The molecule has 2 rings (SSSR count). The maximum absolute atomic E-state index is 2.58. The van der Waals surface area contributed by atoms with Crippen LogP contribution in [0.2, 0.25) is 13.1 Å². The number of halogens is 3. The van der Waals surface area contributed by atoms with E-state index < -0.39 is 8.07 Å². The van der Waals surface area contributed by atoms with Crippen LogP contribution in [0.3, 0.4) is 0 Å². The largest absolute Gasteiger partial charge is 4.00 e. The first-order valence-corrected chi connectivity index (χ1v) is 15.8. The number of hydrogen-bond donors (Lipinski definition) is 0. The first kappa shape index (κ1) is 38.9. The summed E-state index contributed by atoms with van der Waals surface area (Å²) in [6.07, 6.45) is 14.5. The molecule has 0 spiro atoms. The van der Waals surface area contributed by atoms with Crippen molar-refractivity contribution in [3.05, 3.63) is 53.1 Å². The minimum absolute atomic E-state index is 0. The maximum Gasteiger partial charge on any atom is 4.00 e. The van der Waals surface area contributed by atoms with Crippen LogP contribution in [0.4, 0.5) is 0 Å². The van der Waals surface area contributed by atoms with Crippen LogP contribution in [0.15, 0.2) is 36.4 Å². The van der Waals surface area contributed by atoms with Crippen LogP contribution >= 0.6 is 0 Å². The Hall–Kier alpha value is 0.371. The van der Waals surface area contributed by atoms with Crippen LogP contribution in [0.5, 0.6) is 0 Å². The van der Waals surface area contributed by atoms with Gasteiger partial charge in [-0.15, -0.1) is 0 Å². The van der Waals surface area contributed by atoms with Crippen LogP contribution in [-0.4, -0.2) is 8.07 Å². The van der Waals surface area contributed by atoms with Crippen molar-refractivity contribution in [1.29, 1.82) is 0 Å².